The van der Waals surface area contributed by atoms with E-state index in [1.165, 1.54) is 11.8 Å². The van der Waals surface area contributed by atoms with Gasteiger partial charge in [0.1, 0.15) is 17.2 Å². The van der Waals surface area contributed by atoms with Gasteiger partial charge in [0.15, 0.2) is 5.17 Å². The molecule has 0 radical (unpaired) electrons. The summed E-state index contributed by atoms with van der Waals surface area (Å²) in [5.74, 6) is 2.12. The highest BCUT2D eigenvalue weighted by molar-refractivity contribution is 8.15. The van der Waals surface area contributed by atoms with Crippen LogP contribution >= 0.6 is 11.8 Å². The molecule has 1 aliphatic rings. The summed E-state index contributed by atoms with van der Waals surface area (Å²) in [5.41, 5.74) is 1.75. The molecule has 1 heterocycles. The van der Waals surface area contributed by atoms with Crippen LogP contribution in [0.1, 0.15) is 18.1 Å². The van der Waals surface area contributed by atoms with Gasteiger partial charge in [0, 0.05) is 11.6 Å². The Balaban J connectivity index is 1.79. The number of thioether (sulfide) groups is 1. The van der Waals surface area contributed by atoms with E-state index >= 15 is 0 Å². The van der Waals surface area contributed by atoms with Gasteiger partial charge < -0.3 is 14.2 Å². The highest BCUT2D eigenvalue weighted by Gasteiger charge is 2.35. The Morgan fingerprint density at radius 2 is 1.72 bits per heavy atom. The molecule has 0 saturated carbocycles. The number of benzene rings is 2. The summed E-state index contributed by atoms with van der Waals surface area (Å²) < 4.78 is 15.7. The smallest absolute Gasteiger partial charge is 0.242 e. The molecular weight excluding hydrogens is 390 g/mol. The van der Waals surface area contributed by atoms with Crippen molar-refractivity contribution in [2.45, 2.75) is 18.7 Å². The average Bonchev–Trinajstić information content (AvgIpc) is 3.02. The molecule has 3 rings (SSSR count). The topological polar surface area (TPSA) is 72.7 Å². The molecule has 1 saturated heterocycles. The molecule has 1 fully saturated rings. The standard InChI is InChI=1S/C21H23N3O4S/c1-14-20(25)24(13-15-5-8-17(26-2)9-6-15)21(29-14)23-22-12-16-7-10-18(27-3)11-19(16)28-4/h5-12,14H,13H2,1-4H3/b22-12+,23-21-. The predicted octanol–water partition coefficient (Wildman–Crippen LogP) is 3.57. The van der Waals surface area contributed by atoms with Gasteiger partial charge >= 0.3 is 0 Å². The third kappa shape index (κ3) is 4.89. The second kappa shape index (κ2) is 9.47. The molecular formula is C21H23N3O4S. The number of methoxy groups -OCH3 is 3. The average molecular weight is 413 g/mol. The zero-order chi connectivity index (χ0) is 20.8. The summed E-state index contributed by atoms with van der Waals surface area (Å²) in [7, 11) is 4.81. The molecule has 0 N–H and O–H groups in total. The molecule has 0 spiro atoms. The molecule has 1 atom stereocenters. The van der Waals surface area contributed by atoms with Gasteiger partial charge in [0.25, 0.3) is 0 Å². The number of carbonyl (C=O) groups is 1. The van der Waals surface area contributed by atoms with Crippen molar-refractivity contribution in [2.24, 2.45) is 10.2 Å². The summed E-state index contributed by atoms with van der Waals surface area (Å²) in [5, 5.41) is 8.85. The van der Waals surface area contributed by atoms with Crippen molar-refractivity contribution < 1.29 is 19.0 Å². The van der Waals surface area contributed by atoms with E-state index in [9.17, 15) is 4.79 Å². The minimum atomic E-state index is -0.197. The van der Waals surface area contributed by atoms with Crippen LogP contribution in [0.15, 0.2) is 52.7 Å². The van der Waals surface area contributed by atoms with Crippen molar-refractivity contribution in [2.75, 3.05) is 21.3 Å². The molecule has 8 heteroatoms. The van der Waals surface area contributed by atoms with Gasteiger partial charge in [-0.25, -0.2) is 0 Å². The van der Waals surface area contributed by atoms with E-state index in [0.29, 0.717) is 23.2 Å². The number of amides is 1. The van der Waals surface area contributed by atoms with Crippen LogP contribution in [-0.2, 0) is 11.3 Å². The van der Waals surface area contributed by atoms with Crippen LogP contribution in [0.5, 0.6) is 17.2 Å². The molecule has 1 unspecified atom stereocenters. The lowest BCUT2D eigenvalue weighted by Gasteiger charge is -2.15. The maximum Gasteiger partial charge on any atom is 0.242 e. The fraction of sp³-hybridized carbons (Fsp3) is 0.286. The van der Waals surface area contributed by atoms with Crippen LogP contribution < -0.4 is 14.2 Å². The van der Waals surface area contributed by atoms with E-state index in [1.54, 1.807) is 38.5 Å². The first-order valence-electron chi connectivity index (χ1n) is 8.99. The largest absolute Gasteiger partial charge is 0.497 e. The van der Waals surface area contributed by atoms with E-state index in [1.807, 2.05) is 43.3 Å². The Hall–Kier alpha value is -3.00. The van der Waals surface area contributed by atoms with Crippen LogP contribution in [0.25, 0.3) is 0 Å². The first-order valence-corrected chi connectivity index (χ1v) is 9.87. The van der Waals surface area contributed by atoms with Gasteiger partial charge in [-0.1, -0.05) is 23.9 Å². The highest BCUT2D eigenvalue weighted by Crippen LogP contribution is 2.29. The SMILES string of the molecule is COc1ccc(CN2C(=O)C(C)S/C2=N\N=C\c2ccc(OC)cc2OC)cc1. The van der Waals surface area contributed by atoms with Crippen LogP contribution in [0.2, 0.25) is 0 Å². The minimum absolute atomic E-state index is 0.0156. The Labute approximate surface area is 174 Å². The summed E-state index contributed by atoms with van der Waals surface area (Å²) >= 11 is 1.40. The summed E-state index contributed by atoms with van der Waals surface area (Å²) in [6.07, 6.45) is 1.60. The lowest BCUT2D eigenvalue weighted by Crippen LogP contribution is -2.30. The monoisotopic (exact) mass is 413 g/mol. The molecule has 1 aliphatic heterocycles. The quantitative estimate of drug-likeness (QED) is 0.513. The fourth-order valence-electron chi connectivity index (χ4n) is 2.79. The van der Waals surface area contributed by atoms with Crippen molar-refractivity contribution in [1.82, 2.24) is 4.90 Å². The van der Waals surface area contributed by atoms with Crippen LogP contribution in [-0.4, -0.2) is 48.8 Å². The van der Waals surface area contributed by atoms with Crippen molar-refractivity contribution in [1.29, 1.82) is 0 Å². The fourth-order valence-corrected chi connectivity index (χ4v) is 3.71. The van der Waals surface area contributed by atoms with E-state index in [2.05, 4.69) is 10.2 Å². The maximum atomic E-state index is 12.6. The van der Waals surface area contributed by atoms with Crippen molar-refractivity contribution >= 4 is 29.1 Å². The van der Waals surface area contributed by atoms with Gasteiger partial charge in [-0.05, 0) is 36.8 Å². The van der Waals surface area contributed by atoms with E-state index in [-0.39, 0.29) is 11.2 Å². The maximum absolute atomic E-state index is 12.6. The number of carbonyl (C=O) groups excluding carboxylic acids is 1. The number of hydrogen-bond donors (Lipinski definition) is 0. The number of ether oxygens (including phenoxy) is 3. The lowest BCUT2D eigenvalue weighted by atomic mass is 10.2. The van der Waals surface area contributed by atoms with Gasteiger partial charge in [-0.15, -0.1) is 5.10 Å². The van der Waals surface area contributed by atoms with E-state index in [0.717, 1.165) is 16.9 Å². The first kappa shape index (κ1) is 20.7. The van der Waals surface area contributed by atoms with Crippen LogP contribution in [0.3, 0.4) is 0 Å². The second-order valence-corrected chi connectivity index (χ2v) is 7.58. The Kier molecular flexibility index (Phi) is 6.77. The molecule has 152 valence electrons. The van der Waals surface area contributed by atoms with Gasteiger partial charge in [-0.3, -0.25) is 9.69 Å². The molecule has 0 aliphatic carbocycles. The number of nitrogens with zero attached hydrogens (tertiary/aromatic N) is 3. The number of rotatable bonds is 7. The molecule has 2 aromatic rings. The van der Waals surface area contributed by atoms with E-state index in [4.69, 9.17) is 14.2 Å². The Morgan fingerprint density at radius 3 is 2.38 bits per heavy atom. The molecule has 0 bridgehead atoms. The normalized spacial score (nSPS) is 17.9. The van der Waals surface area contributed by atoms with E-state index < -0.39 is 0 Å². The summed E-state index contributed by atoms with van der Waals surface area (Å²) in [6, 6.07) is 13.1. The summed E-state index contributed by atoms with van der Waals surface area (Å²) in [4.78, 5) is 14.2. The zero-order valence-electron chi connectivity index (χ0n) is 16.8. The lowest BCUT2D eigenvalue weighted by molar-refractivity contribution is -0.126. The van der Waals surface area contributed by atoms with Gasteiger partial charge in [-0.2, -0.15) is 5.10 Å². The molecule has 2 aromatic carbocycles. The number of amidine groups is 1. The molecule has 29 heavy (non-hydrogen) atoms. The van der Waals surface area contributed by atoms with Crippen LogP contribution in [0.4, 0.5) is 0 Å². The molecule has 0 aromatic heterocycles. The molecule has 1 amide bonds. The third-order valence-corrected chi connectivity index (χ3v) is 5.48. The first-order chi connectivity index (χ1) is 14.0. The second-order valence-electron chi connectivity index (χ2n) is 6.27. The Morgan fingerprint density at radius 1 is 1.03 bits per heavy atom. The van der Waals surface area contributed by atoms with Gasteiger partial charge in [0.05, 0.1) is 39.3 Å². The van der Waals surface area contributed by atoms with Gasteiger partial charge in [0.2, 0.25) is 5.91 Å². The van der Waals surface area contributed by atoms with Crippen molar-refractivity contribution in [3.05, 3.63) is 53.6 Å². The zero-order valence-corrected chi connectivity index (χ0v) is 17.6. The third-order valence-electron chi connectivity index (χ3n) is 4.41. The van der Waals surface area contributed by atoms with Crippen molar-refractivity contribution in [3.8, 4) is 17.2 Å². The highest BCUT2D eigenvalue weighted by atomic mass is 32.2. The molecule has 7 nitrogen and oxygen atoms in total. The predicted molar refractivity (Wildman–Crippen MR) is 115 cm³/mol. The minimum Gasteiger partial charge on any atom is -0.497 e. The number of hydrogen-bond acceptors (Lipinski definition) is 7. The summed E-state index contributed by atoms with van der Waals surface area (Å²) in [6.45, 7) is 2.30. The van der Waals surface area contributed by atoms with Crippen molar-refractivity contribution in [3.63, 3.8) is 0 Å². The van der Waals surface area contributed by atoms with Crippen LogP contribution in [0, 0.1) is 0 Å². The Bertz CT molecular complexity index is 928.